The lowest BCUT2D eigenvalue weighted by Gasteiger charge is -2.19. The molecule has 5 heteroatoms. The maximum atomic E-state index is 11.7. The summed E-state index contributed by atoms with van der Waals surface area (Å²) in [6.45, 7) is 4.31. The van der Waals surface area contributed by atoms with E-state index in [9.17, 15) is 4.79 Å². The number of imidazole rings is 1. The average Bonchev–Trinajstić information content (AvgIpc) is 2.74. The zero-order valence-electron chi connectivity index (χ0n) is 11.6. The van der Waals surface area contributed by atoms with Gasteiger partial charge in [0.05, 0.1) is 17.1 Å². The van der Waals surface area contributed by atoms with E-state index in [0.717, 1.165) is 23.3 Å². The van der Waals surface area contributed by atoms with Crippen LogP contribution in [0.25, 0.3) is 11.0 Å². The third-order valence-corrected chi connectivity index (χ3v) is 3.17. The molecule has 0 aliphatic heterocycles. The molecule has 102 valence electrons. The topological polar surface area (TPSA) is 75.0 Å². The molecular weight excluding hydrogens is 240 g/mol. The predicted molar refractivity (Wildman–Crippen MR) is 75.8 cm³/mol. The predicted octanol–water partition coefficient (Wildman–Crippen LogP) is 1.22. The summed E-state index contributed by atoms with van der Waals surface area (Å²) in [4.78, 5) is 20.9. The highest BCUT2D eigenvalue weighted by Crippen LogP contribution is 2.14. The van der Waals surface area contributed by atoms with Crippen LogP contribution in [0, 0.1) is 6.92 Å². The number of fused-ring (bicyclic) bond motifs is 1. The fourth-order valence-electron chi connectivity index (χ4n) is 2.09. The number of nitrogens with two attached hydrogens (primary N) is 1. The number of rotatable bonds is 4. The van der Waals surface area contributed by atoms with Crippen molar-refractivity contribution in [2.24, 2.45) is 5.73 Å². The van der Waals surface area contributed by atoms with Gasteiger partial charge in [-0.1, -0.05) is 6.07 Å². The highest BCUT2D eigenvalue weighted by atomic mass is 16.2. The molecule has 1 unspecified atom stereocenters. The van der Waals surface area contributed by atoms with Gasteiger partial charge in [-0.05, 0) is 38.0 Å². The number of carbonyl (C=O) groups excluding carboxylic acids is 1. The number of nitrogens with zero attached hydrogens (tertiary/aromatic N) is 2. The summed E-state index contributed by atoms with van der Waals surface area (Å²) in [5.41, 5.74) is 8.77. The highest BCUT2D eigenvalue weighted by molar-refractivity contribution is 5.81. The van der Waals surface area contributed by atoms with E-state index >= 15 is 0 Å². The molecule has 3 N–H and O–H groups in total. The number of aromatic nitrogens is 2. The van der Waals surface area contributed by atoms with Crippen LogP contribution in [0.4, 0.5) is 0 Å². The normalized spacial score (nSPS) is 12.6. The summed E-state index contributed by atoms with van der Waals surface area (Å²) in [7, 11) is 1.78. The van der Waals surface area contributed by atoms with Crippen molar-refractivity contribution in [2.75, 3.05) is 13.6 Å². The first-order chi connectivity index (χ1) is 8.97. The van der Waals surface area contributed by atoms with E-state index in [0.29, 0.717) is 6.54 Å². The lowest BCUT2D eigenvalue weighted by Crippen LogP contribution is -2.40. The molecule has 1 atom stereocenters. The lowest BCUT2D eigenvalue weighted by molar-refractivity contribution is -0.130. The molecule has 5 nitrogen and oxygen atoms in total. The second-order valence-corrected chi connectivity index (χ2v) is 4.97. The first kappa shape index (κ1) is 13.5. The molecule has 0 radical (unpaired) electrons. The second-order valence-electron chi connectivity index (χ2n) is 4.97. The van der Waals surface area contributed by atoms with Crippen LogP contribution in [0.5, 0.6) is 0 Å². The molecule has 0 saturated carbocycles. The Hall–Kier alpha value is -1.88. The van der Waals surface area contributed by atoms with Crippen molar-refractivity contribution in [1.82, 2.24) is 14.9 Å². The first-order valence-electron chi connectivity index (χ1n) is 6.43. The third kappa shape index (κ3) is 3.12. The van der Waals surface area contributed by atoms with Crippen molar-refractivity contribution in [3.05, 3.63) is 29.6 Å². The van der Waals surface area contributed by atoms with Crippen LogP contribution in [0.3, 0.4) is 0 Å². The van der Waals surface area contributed by atoms with Crippen LogP contribution in [0.1, 0.15) is 18.3 Å². The largest absolute Gasteiger partial charge is 0.344 e. The Balaban J connectivity index is 2.03. The zero-order valence-corrected chi connectivity index (χ0v) is 11.6. The number of amides is 1. The van der Waals surface area contributed by atoms with Crippen LogP contribution in [-0.2, 0) is 11.2 Å². The number of hydrogen-bond acceptors (Lipinski definition) is 3. The van der Waals surface area contributed by atoms with Gasteiger partial charge in [0.25, 0.3) is 0 Å². The van der Waals surface area contributed by atoms with Gasteiger partial charge in [-0.2, -0.15) is 0 Å². The first-order valence-corrected chi connectivity index (χ1v) is 6.43. The summed E-state index contributed by atoms with van der Waals surface area (Å²) in [5, 5.41) is 0. The second kappa shape index (κ2) is 5.40. The van der Waals surface area contributed by atoms with Crippen LogP contribution < -0.4 is 5.73 Å². The van der Waals surface area contributed by atoms with Crippen molar-refractivity contribution in [2.45, 2.75) is 26.3 Å². The fraction of sp³-hybridized carbons (Fsp3) is 0.429. The van der Waals surface area contributed by atoms with E-state index in [-0.39, 0.29) is 5.91 Å². The van der Waals surface area contributed by atoms with E-state index in [1.807, 2.05) is 19.1 Å². The van der Waals surface area contributed by atoms with Gasteiger partial charge >= 0.3 is 0 Å². The Morgan fingerprint density at radius 3 is 2.95 bits per heavy atom. The minimum absolute atomic E-state index is 0.0292. The van der Waals surface area contributed by atoms with Crippen LogP contribution in [-0.4, -0.2) is 40.4 Å². The Morgan fingerprint density at radius 1 is 1.53 bits per heavy atom. The Kier molecular flexibility index (Phi) is 3.85. The van der Waals surface area contributed by atoms with Crippen molar-refractivity contribution < 1.29 is 4.79 Å². The molecular formula is C14H20N4O. The third-order valence-electron chi connectivity index (χ3n) is 3.17. The van der Waals surface area contributed by atoms with Crippen LogP contribution in [0.2, 0.25) is 0 Å². The summed E-state index contributed by atoms with van der Waals surface area (Å²) >= 11 is 0. The van der Waals surface area contributed by atoms with E-state index in [2.05, 4.69) is 16.0 Å². The number of likely N-dealkylation sites (N-methyl/N-ethyl adjacent to an activating group) is 1. The van der Waals surface area contributed by atoms with Gasteiger partial charge in [0, 0.05) is 13.6 Å². The fourth-order valence-corrected chi connectivity index (χ4v) is 2.09. The van der Waals surface area contributed by atoms with Crippen molar-refractivity contribution in [1.29, 1.82) is 0 Å². The molecule has 2 aromatic rings. The maximum absolute atomic E-state index is 11.7. The van der Waals surface area contributed by atoms with Crippen molar-refractivity contribution in [3.63, 3.8) is 0 Å². The van der Waals surface area contributed by atoms with Gasteiger partial charge in [-0.15, -0.1) is 0 Å². The number of nitrogens with one attached hydrogen (secondary N) is 1. The molecule has 1 heterocycles. The summed E-state index contributed by atoms with van der Waals surface area (Å²) in [6.07, 6.45) is 0.808. The average molecular weight is 260 g/mol. The Labute approximate surface area is 112 Å². The maximum Gasteiger partial charge on any atom is 0.238 e. The molecule has 1 aromatic carbocycles. The van der Waals surface area contributed by atoms with Gasteiger partial charge in [-0.3, -0.25) is 4.79 Å². The Morgan fingerprint density at radius 2 is 2.26 bits per heavy atom. The minimum atomic E-state index is -0.442. The molecule has 0 spiro atoms. The van der Waals surface area contributed by atoms with Crippen molar-refractivity contribution >= 4 is 16.9 Å². The van der Waals surface area contributed by atoms with Gasteiger partial charge in [0.15, 0.2) is 0 Å². The number of H-pyrrole nitrogens is 1. The molecule has 1 aromatic heterocycles. The van der Waals surface area contributed by atoms with Crippen LogP contribution >= 0.6 is 0 Å². The molecule has 0 fully saturated rings. The molecule has 2 rings (SSSR count). The quantitative estimate of drug-likeness (QED) is 0.868. The minimum Gasteiger partial charge on any atom is -0.344 e. The van der Waals surface area contributed by atoms with Gasteiger partial charge in [0.1, 0.15) is 5.82 Å². The van der Waals surface area contributed by atoms with Crippen LogP contribution in [0.15, 0.2) is 18.2 Å². The number of benzene rings is 1. The van der Waals surface area contributed by atoms with Gasteiger partial charge in [0.2, 0.25) is 5.91 Å². The molecule has 19 heavy (non-hydrogen) atoms. The summed E-state index contributed by atoms with van der Waals surface area (Å²) < 4.78 is 0. The zero-order chi connectivity index (χ0) is 14.0. The van der Waals surface area contributed by atoms with Crippen molar-refractivity contribution in [3.8, 4) is 0 Å². The van der Waals surface area contributed by atoms with Gasteiger partial charge in [-0.25, -0.2) is 4.98 Å². The van der Waals surface area contributed by atoms with E-state index < -0.39 is 6.04 Å². The molecule has 0 aliphatic carbocycles. The van der Waals surface area contributed by atoms with E-state index in [1.54, 1.807) is 18.9 Å². The van der Waals surface area contributed by atoms with E-state index in [4.69, 9.17) is 5.73 Å². The molecule has 0 saturated heterocycles. The SMILES string of the molecule is Cc1nc2ccc(CCN(C)C(=O)C(C)N)cc2[nH]1. The standard InChI is InChI=1S/C14H20N4O/c1-9(15)14(19)18(3)7-6-11-4-5-12-13(8-11)17-10(2)16-12/h4-5,8-9H,6-7,15H2,1-3H3,(H,16,17). The van der Waals surface area contributed by atoms with Gasteiger partial charge < -0.3 is 15.6 Å². The Bertz CT molecular complexity index is 588. The smallest absolute Gasteiger partial charge is 0.238 e. The summed E-state index contributed by atoms with van der Waals surface area (Å²) in [5.74, 6) is 0.884. The summed E-state index contributed by atoms with van der Waals surface area (Å²) in [6, 6.07) is 5.69. The monoisotopic (exact) mass is 260 g/mol. The molecule has 0 bridgehead atoms. The number of carbonyl (C=O) groups is 1. The van der Waals surface area contributed by atoms with E-state index in [1.165, 1.54) is 5.56 Å². The lowest BCUT2D eigenvalue weighted by atomic mass is 10.1. The molecule has 0 aliphatic rings. The molecule has 1 amide bonds. The number of hydrogen-bond donors (Lipinski definition) is 2. The highest BCUT2D eigenvalue weighted by Gasteiger charge is 2.12. The number of aryl methyl sites for hydroxylation is 1. The number of aromatic amines is 1.